The Balaban J connectivity index is 0.000000184. The lowest BCUT2D eigenvalue weighted by Crippen LogP contribution is -2.25. The molecule has 0 fully saturated rings. The highest BCUT2D eigenvalue weighted by molar-refractivity contribution is 6.13. The van der Waals surface area contributed by atoms with Crippen molar-refractivity contribution in [3.05, 3.63) is 72.3 Å². The van der Waals surface area contributed by atoms with Crippen LogP contribution in [0.4, 0.5) is 46.0 Å². The smallest absolute Gasteiger partial charge is 0.261 e. The Hall–Kier alpha value is -5.30. The summed E-state index contributed by atoms with van der Waals surface area (Å²) in [5.74, 6) is 2.37. The molecule has 13 nitrogen and oxygen atoms in total. The molecule has 2 amide bonds. The molecule has 0 unspecified atom stereocenters. The van der Waals surface area contributed by atoms with Gasteiger partial charge in [-0.2, -0.15) is 0 Å². The minimum atomic E-state index is -0.134. The molecule has 4 aromatic rings. The zero-order chi connectivity index (χ0) is 28.6. The lowest BCUT2D eigenvalue weighted by Gasteiger charge is -2.22. The first-order chi connectivity index (χ1) is 19.3. The summed E-state index contributed by atoms with van der Waals surface area (Å²) in [6, 6.07) is 10.7. The molecule has 0 bridgehead atoms. The predicted molar refractivity (Wildman–Crippen MR) is 160 cm³/mol. The van der Waals surface area contributed by atoms with E-state index in [2.05, 4.69) is 19.9 Å². The molecule has 6 heterocycles. The molecule has 2 aliphatic rings. The van der Waals surface area contributed by atoms with Gasteiger partial charge in [0.15, 0.2) is 11.6 Å². The van der Waals surface area contributed by atoms with Crippen LogP contribution < -0.4 is 31.1 Å². The van der Waals surface area contributed by atoms with Gasteiger partial charge in [-0.1, -0.05) is 0 Å². The molecule has 6 rings (SSSR count). The van der Waals surface area contributed by atoms with E-state index in [-0.39, 0.29) is 17.3 Å². The topological polar surface area (TPSA) is 182 Å². The number of nitrogens with zero attached hydrogens (tertiary/aromatic N) is 8. The first kappa shape index (κ1) is 28.7. The minimum Gasteiger partial charge on any atom is -0.412 e. The molecular weight excluding hydrogens is 524 g/mol. The number of pyridine rings is 4. The highest BCUT2D eigenvalue weighted by Crippen LogP contribution is 2.38. The molecule has 0 saturated carbocycles. The second-order valence-electron chi connectivity index (χ2n) is 9.19. The molecule has 0 saturated heterocycles. The molecule has 13 heteroatoms. The van der Waals surface area contributed by atoms with Crippen LogP contribution in [0.25, 0.3) is 0 Å². The number of nitrogens with two attached hydrogens (primary N) is 2. The first-order valence-corrected chi connectivity index (χ1v) is 12.8. The lowest BCUT2D eigenvalue weighted by molar-refractivity contribution is 0.0986. The fourth-order valence-electron chi connectivity index (χ4n) is 4.79. The third-order valence-corrected chi connectivity index (χ3v) is 6.76. The maximum Gasteiger partial charge on any atom is 0.261 e. The monoisotopic (exact) mass is 556 g/mol. The minimum absolute atomic E-state index is 0. The van der Waals surface area contributed by atoms with Crippen LogP contribution in [0.15, 0.2) is 61.2 Å². The molecule has 212 valence electrons. The average Bonchev–Trinajstić information content (AvgIpc) is 3.12. The van der Waals surface area contributed by atoms with Crippen LogP contribution in [0.3, 0.4) is 0 Å². The number of hydrogen-bond donors (Lipinski definition) is 2. The highest BCUT2D eigenvalue weighted by atomic mass is 16.2. The summed E-state index contributed by atoms with van der Waals surface area (Å²) < 4.78 is 0. The van der Waals surface area contributed by atoms with Gasteiger partial charge in [0.05, 0.1) is 46.3 Å². The van der Waals surface area contributed by atoms with Gasteiger partial charge >= 0.3 is 0 Å². The van der Waals surface area contributed by atoms with Crippen molar-refractivity contribution in [1.82, 2.24) is 19.9 Å². The zero-order valence-corrected chi connectivity index (χ0v) is 23.2. The Labute approximate surface area is 237 Å². The van der Waals surface area contributed by atoms with E-state index in [4.69, 9.17) is 11.5 Å². The van der Waals surface area contributed by atoms with E-state index < -0.39 is 0 Å². The summed E-state index contributed by atoms with van der Waals surface area (Å²) in [4.78, 5) is 49.6. The van der Waals surface area contributed by atoms with E-state index in [0.29, 0.717) is 47.2 Å². The van der Waals surface area contributed by atoms with Crippen molar-refractivity contribution in [2.45, 2.75) is 13.8 Å². The van der Waals surface area contributed by atoms with Gasteiger partial charge in [0.1, 0.15) is 11.6 Å². The Kier molecular flexibility index (Phi) is 8.01. The normalized spacial score (nSPS) is 13.5. The van der Waals surface area contributed by atoms with Gasteiger partial charge in [0.2, 0.25) is 0 Å². The van der Waals surface area contributed by atoms with Crippen LogP contribution >= 0.6 is 0 Å². The zero-order valence-electron chi connectivity index (χ0n) is 23.2. The van der Waals surface area contributed by atoms with Gasteiger partial charge in [0.25, 0.3) is 11.8 Å². The number of anilines is 8. The van der Waals surface area contributed by atoms with Crippen LogP contribution in [-0.2, 0) is 0 Å². The van der Waals surface area contributed by atoms with Crippen molar-refractivity contribution in [2.75, 3.05) is 58.3 Å². The molecule has 2 aliphatic heterocycles. The molecule has 41 heavy (non-hydrogen) atoms. The number of rotatable bonds is 2. The molecule has 0 atom stereocenters. The number of fused-ring (bicyclic) bond motifs is 4. The van der Waals surface area contributed by atoms with E-state index in [0.717, 1.165) is 23.0 Å². The third-order valence-electron chi connectivity index (χ3n) is 6.76. The Morgan fingerprint density at radius 2 is 1.05 bits per heavy atom. The van der Waals surface area contributed by atoms with E-state index in [1.165, 1.54) is 0 Å². The van der Waals surface area contributed by atoms with Crippen molar-refractivity contribution < 1.29 is 15.1 Å². The predicted octanol–water partition coefficient (Wildman–Crippen LogP) is 2.79. The first-order valence-electron chi connectivity index (χ1n) is 12.8. The standard InChI is InChI=1S/2C14H15N5O.H2O/c2*1-3-19-12-10(7-9(15)8-17-12)14(20)18(2)11-5-4-6-16-13(11)19;/h2*4-8H,3,15H2,1-2H3;1H2. The fourth-order valence-corrected chi connectivity index (χ4v) is 4.79. The van der Waals surface area contributed by atoms with Crippen LogP contribution in [-0.4, -0.2) is 64.4 Å². The molecule has 0 aliphatic carbocycles. The summed E-state index contributed by atoms with van der Waals surface area (Å²) in [6.07, 6.45) is 6.54. The van der Waals surface area contributed by atoms with Gasteiger partial charge in [0, 0.05) is 39.6 Å². The molecular formula is C28H32N10O3. The van der Waals surface area contributed by atoms with Crippen LogP contribution in [0, 0.1) is 0 Å². The quantitative estimate of drug-likeness (QED) is 0.372. The van der Waals surface area contributed by atoms with Crippen molar-refractivity contribution >= 4 is 57.8 Å². The van der Waals surface area contributed by atoms with Crippen LogP contribution in [0.1, 0.15) is 34.6 Å². The van der Waals surface area contributed by atoms with E-state index >= 15 is 0 Å². The average molecular weight is 557 g/mol. The number of aromatic nitrogens is 4. The maximum absolute atomic E-state index is 12.6. The number of carbonyl (C=O) groups is 2. The highest BCUT2D eigenvalue weighted by Gasteiger charge is 2.31. The van der Waals surface area contributed by atoms with Crippen LogP contribution in [0.5, 0.6) is 0 Å². The van der Waals surface area contributed by atoms with Crippen molar-refractivity contribution in [3.63, 3.8) is 0 Å². The van der Waals surface area contributed by atoms with Gasteiger partial charge in [-0.25, -0.2) is 19.9 Å². The Bertz CT molecular complexity index is 1490. The molecule has 0 radical (unpaired) electrons. The van der Waals surface area contributed by atoms with Gasteiger partial charge in [-0.3, -0.25) is 9.59 Å². The van der Waals surface area contributed by atoms with E-state index in [9.17, 15) is 9.59 Å². The summed E-state index contributed by atoms with van der Waals surface area (Å²) in [7, 11) is 3.46. The van der Waals surface area contributed by atoms with Crippen molar-refractivity contribution in [2.24, 2.45) is 0 Å². The van der Waals surface area contributed by atoms with Gasteiger partial charge < -0.3 is 36.5 Å². The molecule has 0 aromatic carbocycles. The number of nitrogen functional groups attached to an aromatic ring is 2. The van der Waals surface area contributed by atoms with Crippen molar-refractivity contribution in [1.29, 1.82) is 0 Å². The lowest BCUT2D eigenvalue weighted by atomic mass is 10.2. The summed E-state index contributed by atoms with van der Waals surface area (Å²) >= 11 is 0. The Morgan fingerprint density at radius 1 is 0.659 bits per heavy atom. The van der Waals surface area contributed by atoms with E-state index in [1.54, 1.807) is 60.8 Å². The number of amides is 2. The SMILES string of the molecule is CCN1c2ncc(N)cc2C(=O)N(C)c2cccnc21.CCN1c2ncc(N)cc2C(=O)N(C)c2cccnc21.O. The largest absolute Gasteiger partial charge is 0.412 e. The fraction of sp³-hybridized carbons (Fsp3) is 0.214. The van der Waals surface area contributed by atoms with Gasteiger partial charge in [-0.05, 0) is 50.2 Å². The second kappa shape index (κ2) is 11.4. The van der Waals surface area contributed by atoms with Gasteiger partial charge in [-0.15, -0.1) is 0 Å². The molecule has 0 spiro atoms. The van der Waals surface area contributed by atoms with Crippen LogP contribution in [0.2, 0.25) is 0 Å². The third kappa shape index (κ3) is 4.94. The van der Waals surface area contributed by atoms with Crippen molar-refractivity contribution in [3.8, 4) is 0 Å². The summed E-state index contributed by atoms with van der Waals surface area (Å²) in [5, 5.41) is 0. The number of carbonyl (C=O) groups excluding carboxylic acids is 2. The summed E-state index contributed by atoms with van der Waals surface area (Å²) in [5.41, 5.74) is 15.0. The second-order valence-corrected chi connectivity index (χ2v) is 9.19. The maximum atomic E-state index is 12.6. The van der Waals surface area contributed by atoms with E-state index in [1.807, 2.05) is 47.9 Å². The summed E-state index contributed by atoms with van der Waals surface area (Å²) in [6.45, 7) is 5.32. The molecule has 4 aromatic heterocycles. The number of hydrogen-bond acceptors (Lipinski definition) is 10. The molecule has 6 N–H and O–H groups in total. The Morgan fingerprint density at radius 3 is 1.41 bits per heavy atom.